The highest BCUT2D eigenvalue weighted by Crippen LogP contribution is 2.40. The monoisotopic (exact) mass is 279 g/mol. The van der Waals surface area contributed by atoms with Crippen LogP contribution in [0.1, 0.15) is 25.3 Å². The molecule has 0 radical (unpaired) electrons. The molecule has 1 aromatic carbocycles. The van der Waals surface area contributed by atoms with E-state index in [-0.39, 0.29) is 0 Å². The van der Waals surface area contributed by atoms with E-state index >= 15 is 0 Å². The molecule has 0 spiro atoms. The second kappa shape index (κ2) is 5.13. The molecule has 1 heterocycles. The first-order valence-electron chi connectivity index (χ1n) is 6.11. The van der Waals surface area contributed by atoms with Crippen molar-refractivity contribution in [3.63, 3.8) is 0 Å². The number of anilines is 1. The number of hydrogen-bond donors (Lipinski definition) is 1. The Kier molecular flexibility index (Phi) is 3.71. The van der Waals surface area contributed by atoms with Gasteiger partial charge in [0.05, 0.1) is 18.3 Å². The summed E-state index contributed by atoms with van der Waals surface area (Å²) in [7, 11) is 3.41. The molecule has 0 fully saturated rings. The van der Waals surface area contributed by atoms with Crippen molar-refractivity contribution in [2.75, 3.05) is 12.8 Å². The topological polar surface area (TPSA) is 53.1 Å². The standard InChI is InChI=1S/C14H18ClN3O/c1-8(2)9-5-10(13(15)12(6-9)19-4)11-7-17-18(3)14(11)16/h5-8H,16H2,1-4H3. The van der Waals surface area contributed by atoms with E-state index in [1.807, 2.05) is 12.1 Å². The highest BCUT2D eigenvalue weighted by atomic mass is 35.5. The van der Waals surface area contributed by atoms with E-state index in [4.69, 9.17) is 22.1 Å². The molecule has 2 aromatic rings. The predicted octanol–water partition coefficient (Wildman–Crippen LogP) is 3.45. The van der Waals surface area contributed by atoms with Gasteiger partial charge in [-0.1, -0.05) is 25.4 Å². The average Bonchev–Trinajstić information content (AvgIpc) is 2.70. The van der Waals surface area contributed by atoms with Gasteiger partial charge in [0.15, 0.2) is 0 Å². The molecule has 0 saturated heterocycles. The Labute approximate surface area is 118 Å². The summed E-state index contributed by atoms with van der Waals surface area (Å²) in [6, 6.07) is 4.01. The lowest BCUT2D eigenvalue weighted by atomic mass is 9.97. The first-order chi connectivity index (χ1) is 8.95. The number of rotatable bonds is 3. The van der Waals surface area contributed by atoms with Crippen LogP contribution in [0.25, 0.3) is 11.1 Å². The maximum Gasteiger partial charge on any atom is 0.138 e. The fourth-order valence-electron chi connectivity index (χ4n) is 1.95. The Morgan fingerprint density at radius 3 is 2.47 bits per heavy atom. The molecule has 19 heavy (non-hydrogen) atoms. The lowest BCUT2D eigenvalue weighted by Gasteiger charge is -2.14. The minimum Gasteiger partial charge on any atom is -0.495 e. The van der Waals surface area contributed by atoms with Gasteiger partial charge in [-0.2, -0.15) is 5.10 Å². The summed E-state index contributed by atoms with van der Waals surface area (Å²) in [5.74, 6) is 1.62. The summed E-state index contributed by atoms with van der Waals surface area (Å²) >= 11 is 6.38. The minimum absolute atomic E-state index is 0.378. The average molecular weight is 280 g/mol. The minimum atomic E-state index is 0.378. The third-order valence-corrected chi connectivity index (χ3v) is 3.61. The zero-order valence-electron chi connectivity index (χ0n) is 11.6. The number of aromatic nitrogens is 2. The molecule has 102 valence electrons. The summed E-state index contributed by atoms with van der Waals surface area (Å²) in [5.41, 5.74) is 8.86. The highest BCUT2D eigenvalue weighted by Gasteiger charge is 2.16. The zero-order chi connectivity index (χ0) is 14.2. The molecule has 0 unspecified atom stereocenters. The largest absolute Gasteiger partial charge is 0.495 e. The summed E-state index contributed by atoms with van der Waals surface area (Å²) in [6.07, 6.45) is 1.72. The number of aryl methyl sites for hydroxylation is 1. The van der Waals surface area contributed by atoms with Crippen molar-refractivity contribution in [2.45, 2.75) is 19.8 Å². The Balaban J connectivity index is 2.68. The Morgan fingerprint density at radius 1 is 1.32 bits per heavy atom. The highest BCUT2D eigenvalue weighted by molar-refractivity contribution is 6.35. The number of ether oxygens (including phenoxy) is 1. The van der Waals surface area contributed by atoms with Gasteiger partial charge in [0.25, 0.3) is 0 Å². The van der Waals surface area contributed by atoms with E-state index in [1.165, 1.54) is 0 Å². The van der Waals surface area contributed by atoms with Crippen molar-refractivity contribution in [1.29, 1.82) is 0 Å². The smallest absolute Gasteiger partial charge is 0.138 e. The van der Waals surface area contributed by atoms with Gasteiger partial charge in [0.1, 0.15) is 11.6 Å². The molecule has 2 N–H and O–H groups in total. The van der Waals surface area contributed by atoms with E-state index in [1.54, 1.807) is 25.0 Å². The fourth-order valence-corrected chi connectivity index (χ4v) is 2.24. The quantitative estimate of drug-likeness (QED) is 0.936. The van der Waals surface area contributed by atoms with Crippen LogP contribution in [0.4, 0.5) is 5.82 Å². The van der Waals surface area contributed by atoms with Crippen LogP contribution in [0.3, 0.4) is 0 Å². The number of hydrogen-bond acceptors (Lipinski definition) is 3. The molecule has 0 aliphatic heterocycles. The molecule has 0 atom stereocenters. The summed E-state index contributed by atoms with van der Waals surface area (Å²) < 4.78 is 6.97. The Hall–Kier alpha value is -1.68. The van der Waals surface area contributed by atoms with Gasteiger partial charge in [0.2, 0.25) is 0 Å². The van der Waals surface area contributed by atoms with Crippen LogP contribution >= 0.6 is 11.6 Å². The molecular formula is C14H18ClN3O. The SMILES string of the molecule is COc1cc(C(C)C)cc(-c2cnn(C)c2N)c1Cl. The van der Waals surface area contributed by atoms with Crippen LogP contribution in [0.2, 0.25) is 5.02 Å². The number of nitrogen functional groups attached to an aromatic ring is 1. The molecule has 0 aliphatic rings. The number of halogens is 1. The van der Waals surface area contributed by atoms with Crippen molar-refractivity contribution >= 4 is 17.4 Å². The summed E-state index contributed by atoms with van der Waals surface area (Å²) in [6.45, 7) is 4.25. The van der Waals surface area contributed by atoms with E-state index in [9.17, 15) is 0 Å². The number of methoxy groups -OCH3 is 1. The van der Waals surface area contributed by atoms with Crippen molar-refractivity contribution in [1.82, 2.24) is 9.78 Å². The normalized spacial score (nSPS) is 11.1. The molecule has 1 aromatic heterocycles. The molecule has 2 rings (SSSR count). The molecular weight excluding hydrogens is 262 g/mol. The van der Waals surface area contributed by atoms with E-state index in [0.29, 0.717) is 22.5 Å². The van der Waals surface area contributed by atoms with Gasteiger partial charge in [-0.05, 0) is 23.6 Å². The third-order valence-electron chi connectivity index (χ3n) is 3.22. The van der Waals surface area contributed by atoms with Crippen LogP contribution in [0.5, 0.6) is 5.75 Å². The summed E-state index contributed by atoms with van der Waals surface area (Å²) in [5, 5.41) is 4.72. The van der Waals surface area contributed by atoms with Crippen molar-refractivity contribution in [3.05, 3.63) is 28.9 Å². The second-order valence-electron chi connectivity index (χ2n) is 4.81. The van der Waals surface area contributed by atoms with Crippen LogP contribution in [-0.2, 0) is 7.05 Å². The third kappa shape index (κ3) is 2.40. The fraction of sp³-hybridized carbons (Fsp3) is 0.357. The number of nitrogens with zero attached hydrogens (tertiary/aromatic N) is 2. The van der Waals surface area contributed by atoms with E-state index in [2.05, 4.69) is 18.9 Å². The van der Waals surface area contributed by atoms with Gasteiger partial charge in [-0.25, -0.2) is 0 Å². The lowest BCUT2D eigenvalue weighted by Crippen LogP contribution is -1.99. The maximum atomic E-state index is 6.38. The summed E-state index contributed by atoms with van der Waals surface area (Å²) in [4.78, 5) is 0. The van der Waals surface area contributed by atoms with Crippen LogP contribution in [0, 0.1) is 0 Å². The van der Waals surface area contributed by atoms with Crippen LogP contribution in [-0.4, -0.2) is 16.9 Å². The van der Waals surface area contributed by atoms with E-state index in [0.717, 1.165) is 16.7 Å². The van der Waals surface area contributed by atoms with E-state index < -0.39 is 0 Å². The van der Waals surface area contributed by atoms with Gasteiger partial charge < -0.3 is 10.5 Å². The molecule has 0 saturated carbocycles. The van der Waals surface area contributed by atoms with Gasteiger partial charge >= 0.3 is 0 Å². The molecule has 0 bridgehead atoms. The van der Waals surface area contributed by atoms with Crippen molar-refractivity contribution in [2.24, 2.45) is 7.05 Å². The zero-order valence-corrected chi connectivity index (χ0v) is 12.3. The molecule has 5 heteroatoms. The van der Waals surface area contributed by atoms with Gasteiger partial charge in [-0.3, -0.25) is 4.68 Å². The predicted molar refractivity (Wildman–Crippen MR) is 78.7 cm³/mol. The van der Waals surface area contributed by atoms with Crippen molar-refractivity contribution < 1.29 is 4.74 Å². The first kappa shape index (κ1) is 13.7. The number of benzene rings is 1. The van der Waals surface area contributed by atoms with Crippen molar-refractivity contribution in [3.8, 4) is 16.9 Å². The maximum absolute atomic E-state index is 6.38. The van der Waals surface area contributed by atoms with Crippen LogP contribution < -0.4 is 10.5 Å². The second-order valence-corrected chi connectivity index (χ2v) is 5.18. The Morgan fingerprint density at radius 2 is 2.00 bits per heavy atom. The van der Waals surface area contributed by atoms with Gasteiger partial charge in [-0.15, -0.1) is 0 Å². The lowest BCUT2D eigenvalue weighted by molar-refractivity contribution is 0.414. The molecule has 4 nitrogen and oxygen atoms in total. The van der Waals surface area contributed by atoms with Gasteiger partial charge in [0, 0.05) is 18.2 Å². The number of nitrogens with two attached hydrogens (primary N) is 1. The Bertz CT molecular complexity index is 605. The molecule has 0 aliphatic carbocycles. The van der Waals surface area contributed by atoms with Crippen LogP contribution in [0.15, 0.2) is 18.3 Å². The molecule has 0 amide bonds. The first-order valence-corrected chi connectivity index (χ1v) is 6.48.